The van der Waals surface area contributed by atoms with E-state index >= 15 is 0 Å². The average Bonchev–Trinajstić information content (AvgIpc) is 3.40. The third-order valence-corrected chi connectivity index (χ3v) is 6.08. The van der Waals surface area contributed by atoms with Crippen LogP contribution in [0.5, 0.6) is 0 Å². The fraction of sp³-hybridized carbons (Fsp3) is 0.500. The van der Waals surface area contributed by atoms with Crippen LogP contribution < -0.4 is 4.72 Å². The Morgan fingerprint density at radius 1 is 1.12 bits per heavy atom. The van der Waals surface area contributed by atoms with Gasteiger partial charge >= 0.3 is 0 Å². The van der Waals surface area contributed by atoms with Gasteiger partial charge in [0.1, 0.15) is 0 Å². The van der Waals surface area contributed by atoms with Gasteiger partial charge in [0.15, 0.2) is 0 Å². The molecule has 0 bridgehead atoms. The second kappa shape index (κ2) is 7.68. The van der Waals surface area contributed by atoms with Crippen LogP contribution in [0, 0.1) is 0 Å². The summed E-state index contributed by atoms with van der Waals surface area (Å²) in [6, 6.07) is 6.70. The van der Waals surface area contributed by atoms with Gasteiger partial charge in [0.25, 0.3) is 0 Å². The van der Waals surface area contributed by atoms with Crippen molar-refractivity contribution in [3.63, 3.8) is 0 Å². The van der Waals surface area contributed by atoms with E-state index in [0.29, 0.717) is 0 Å². The molecule has 1 heterocycles. The smallest absolute Gasteiger partial charge is 0.246 e. The van der Waals surface area contributed by atoms with Crippen molar-refractivity contribution >= 4 is 22.0 Å². The monoisotopic (exact) mass is 363 g/mol. The third kappa shape index (κ3) is 5.14. The van der Waals surface area contributed by atoms with Crippen LogP contribution in [0.3, 0.4) is 0 Å². The van der Waals surface area contributed by atoms with Crippen LogP contribution in [-0.2, 0) is 14.8 Å². The molecule has 6 nitrogen and oxygen atoms in total. The second-order valence-corrected chi connectivity index (χ2v) is 8.49. The second-order valence-electron chi connectivity index (χ2n) is 6.78. The normalized spacial score (nSPS) is 20.0. The van der Waals surface area contributed by atoms with E-state index in [9.17, 15) is 13.2 Å². The molecule has 136 valence electrons. The number of rotatable bonds is 5. The summed E-state index contributed by atoms with van der Waals surface area (Å²) in [6.45, 7) is 3.42. The molecule has 0 atom stereocenters. The first-order chi connectivity index (χ1) is 11.9. The zero-order valence-electron chi connectivity index (χ0n) is 14.5. The zero-order valence-corrected chi connectivity index (χ0v) is 15.3. The number of carbonyl (C=O) groups is 1. The highest BCUT2D eigenvalue weighted by Crippen LogP contribution is 2.22. The predicted molar refractivity (Wildman–Crippen MR) is 97.5 cm³/mol. The highest BCUT2D eigenvalue weighted by atomic mass is 32.2. The lowest BCUT2D eigenvalue weighted by molar-refractivity contribution is -0.125. The van der Waals surface area contributed by atoms with E-state index in [0.717, 1.165) is 51.0 Å². The first-order valence-electron chi connectivity index (χ1n) is 8.72. The van der Waals surface area contributed by atoms with Crippen LogP contribution in [0.4, 0.5) is 0 Å². The van der Waals surface area contributed by atoms with Crippen molar-refractivity contribution in [1.29, 1.82) is 0 Å². The lowest BCUT2D eigenvalue weighted by Gasteiger charge is -2.18. The molecule has 1 aromatic rings. The van der Waals surface area contributed by atoms with Crippen molar-refractivity contribution in [1.82, 2.24) is 14.5 Å². The molecule has 1 aromatic carbocycles. The molecule has 7 heteroatoms. The molecule has 2 fully saturated rings. The summed E-state index contributed by atoms with van der Waals surface area (Å²) in [4.78, 5) is 16.6. The van der Waals surface area contributed by atoms with Crippen LogP contribution in [0.15, 0.2) is 35.2 Å². The fourth-order valence-electron chi connectivity index (χ4n) is 2.79. The zero-order chi connectivity index (χ0) is 17.9. The van der Waals surface area contributed by atoms with Crippen LogP contribution in [0.1, 0.15) is 24.8 Å². The molecule has 0 radical (unpaired) electrons. The minimum absolute atomic E-state index is 0.00222. The number of hydrogen-bond acceptors (Lipinski definition) is 4. The Labute approximate surface area is 149 Å². The minimum Gasteiger partial charge on any atom is -0.338 e. The van der Waals surface area contributed by atoms with E-state index in [2.05, 4.69) is 16.7 Å². The van der Waals surface area contributed by atoms with Gasteiger partial charge in [0.2, 0.25) is 15.9 Å². The van der Waals surface area contributed by atoms with Gasteiger partial charge in [-0.05, 0) is 56.6 Å². The number of amides is 1. The van der Waals surface area contributed by atoms with Crippen LogP contribution in [-0.4, -0.2) is 63.4 Å². The molecule has 1 aliphatic heterocycles. The van der Waals surface area contributed by atoms with Gasteiger partial charge in [0, 0.05) is 31.8 Å². The standard InChI is InChI=1S/C18H25N3O3S/c1-20-11-2-12-21(14-13-20)18(22)10-5-15-3-8-17(9-4-15)25(23,24)19-16-6-7-16/h3-5,8-10,16,19H,2,6-7,11-14H2,1H3/b10-5+. The summed E-state index contributed by atoms with van der Waals surface area (Å²) in [6.07, 6.45) is 6.11. The van der Waals surface area contributed by atoms with Gasteiger partial charge in [-0.2, -0.15) is 0 Å². The Kier molecular flexibility index (Phi) is 5.56. The predicted octanol–water partition coefficient (Wildman–Crippen LogP) is 1.30. The Morgan fingerprint density at radius 2 is 1.84 bits per heavy atom. The number of nitrogens with zero attached hydrogens (tertiary/aromatic N) is 2. The molecule has 1 amide bonds. The van der Waals surface area contributed by atoms with E-state index in [1.807, 2.05) is 4.90 Å². The summed E-state index contributed by atoms with van der Waals surface area (Å²) in [7, 11) is -1.36. The van der Waals surface area contributed by atoms with Crippen molar-refractivity contribution in [3.8, 4) is 0 Å². The number of hydrogen-bond donors (Lipinski definition) is 1. The van der Waals surface area contributed by atoms with Gasteiger partial charge in [-0.25, -0.2) is 13.1 Å². The maximum atomic E-state index is 12.3. The highest BCUT2D eigenvalue weighted by Gasteiger charge is 2.27. The minimum atomic E-state index is -3.43. The third-order valence-electron chi connectivity index (χ3n) is 4.54. The molecule has 0 spiro atoms. The molecule has 25 heavy (non-hydrogen) atoms. The van der Waals surface area contributed by atoms with E-state index in [-0.39, 0.29) is 16.8 Å². The van der Waals surface area contributed by atoms with Gasteiger partial charge in [-0.15, -0.1) is 0 Å². The summed E-state index contributed by atoms with van der Waals surface area (Å²) in [5.41, 5.74) is 0.811. The fourth-order valence-corrected chi connectivity index (χ4v) is 4.09. The van der Waals surface area contributed by atoms with Crippen LogP contribution >= 0.6 is 0 Å². The van der Waals surface area contributed by atoms with Crippen molar-refractivity contribution in [2.24, 2.45) is 0 Å². The summed E-state index contributed by atoms with van der Waals surface area (Å²) < 4.78 is 26.9. The lowest BCUT2D eigenvalue weighted by Crippen LogP contribution is -2.33. The topological polar surface area (TPSA) is 69.7 Å². The quantitative estimate of drug-likeness (QED) is 0.801. The van der Waals surface area contributed by atoms with Crippen LogP contribution in [0.25, 0.3) is 6.08 Å². The molecule has 1 saturated heterocycles. The van der Waals surface area contributed by atoms with E-state index < -0.39 is 10.0 Å². The van der Waals surface area contributed by atoms with Crippen molar-refractivity contribution < 1.29 is 13.2 Å². The van der Waals surface area contributed by atoms with Crippen molar-refractivity contribution in [3.05, 3.63) is 35.9 Å². The summed E-state index contributed by atoms with van der Waals surface area (Å²) >= 11 is 0. The first-order valence-corrected chi connectivity index (χ1v) is 10.2. The first kappa shape index (κ1) is 18.1. The molecule has 1 aliphatic carbocycles. The van der Waals surface area contributed by atoms with E-state index in [1.165, 1.54) is 0 Å². The number of carbonyl (C=O) groups excluding carboxylic acids is 1. The van der Waals surface area contributed by atoms with Gasteiger partial charge in [0.05, 0.1) is 4.90 Å². The number of likely N-dealkylation sites (N-methyl/N-ethyl adjacent to an activating group) is 1. The summed E-state index contributed by atoms with van der Waals surface area (Å²) in [5, 5.41) is 0. The molecule has 1 saturated carbocycles. The lowest BCUT2D eigenvalue weighted by atomic mass is 10.2. The molecular formula is C18H25N3O3S. The Hall–Kier alpha value is -1.70. The molecule has 2 aliphatic rings. The number of benzene rings is 1. The molecular weight excluding hydrogens is 338 g/mol. The van der Waals surface area contributed by atoms with E-state index in [4.69, 9.17) is 0 Å². The Bertz CT molecular complexity index is 739. The molecule has 3 rings (SSSR count). The van der Waals surface area contributed by atoms with Gasteiger partial charge < -0.3 is 9.80 Å². The molecule has 0 unspecified atom stereocenters. The molecule has 0 aromatic heterocycles. The average molecular weight is 363 g/mol. The summed E-state index contributed by atoms with van der Waals surface area (Å²) in [5.74, 6) is 0.00222. The van der Waals surface area contributed by atoms with Crippen molar-refractivity contribution in [2.75, 3.05) is 33.2 Å². The number of sulfonamides is 1. The van der Waals surface area contributed by atoms with Crippen molar-refractivity contribution in [2.45, 2.75) is 30.2 Å². The number of nitrogens with one attached hydrogen (secondary N) is 1. The largest absolute Gasteiger partial charge is 0.338 e. The van der Waals surface area contributed by atoms with Gasteiger partial charge in [-0.3, -0.25) is 4.79 Å². The maximum absolute atomic E-state index is 12.3. The molecule has 1 N–H and O–H groups in total. The highest BCUT2D eigenvalue weighted by molar-refractivity contribution is 7.89. The Balaban J connectivity index is 1.60. The van der Waals surface area contributed by atoms with Crippen LogP contribution in [0.2, 0.25) is 0 Å². The van der Waals surface area contributed by atoms with E-state index in [1.54, 1.807) is 36.4 Å². The SMILES string of the molecule is CN1CCCN(C(=O)/C=C/c2ccc(S(=O)(=O)NC3CC3)cc2)CC1. The maximum Gasteiger partial charge on any atom is 0.246 e. The van der Waals surface area contributed by atoms with Gasteiger partial charge in [-0.1, -0.05) is 12.1 Å². The Morgan fingerprint density at radius 3 is 2.52 bits per heavy atom.